The maximum Gasteiger partial charge on any atom is 0.223 e. The van der Waals surface area contributed by atoms with Crippen molar-refractivity contribution in [2.24, 2.45) is 5.92 Å². The number of nitrogens with zero attached hydrogens (tertiary/aromatic N) is 4. The van der Waals surface area contributed by atoms with Crippen LogP contribution in [0.5, 0.6) is 0 Å². The van der Waals surface area contributed by atoms with Crippen LogP contribution in [-0.2, 0) is 16.0 Å². The lowest BCUT2D eigenvalue weighted by Crippen LogP contribution is -2.43. The second kappa shape index (κ2) is 9.83. The van der Waals surface area contributed by atoms with Crippen LogP contribution in [0.3, 0.4) is 0 Å². The van der Waals surface area contributed by atoms with Crippen LogP contribution >= 0.6 is 11.3 Å². The van der Waals surface area contributed by atoms with Gasteiger partial charge in [0.05, 0.1) is 18.8 Å². The van der Waals surface area contributed by atoms with Crippen LogP contribution in [0.25, 0.3) is 0 Å². The monoisotopic (exact) mass is 429 g/mol. The molecule has 4 rings (SSSR count). The summed E-state index contributed by atoms with van der Waals surface area (Å²) < 4.78 is 6.01. The number of anilines is 2. The number of nitrogens with one attached hydrogen (secondary N) is 1. The minimum Gasteiger partial charge on any atom is -0.368 e. The Kier molecular flexibility index (Phi) is 6.94. The highest BCUT2D eigenvalue weighted by molar-refractivity contribution is 7.15. The average Bonchev–Trinajstić information content (AvgIpc) is 3.21. The molecule has 1 unspecified atom stereocenters. The number of ether oxygens (including phenoxy) is 1. The first kappa shape index (κ1) is 21.2. The van der Waals surface area contributed by atoms with Crippen molar-refractivity contribution in [2.75, 3.05) is 25.0 Å². The smallest absolute Gasteiger partial charge is 0.223 e. The van der Waals surface area contributed by atoms with Crippen LogP contribution in [0.2, 0.25) is 0 Å². The highest BCUT2D eigenvalue weighted by atomic mass is 32.1. The molecule has 1 saturated carbocycles. The topological polar surface area (TPSA) is 80.2 Å². The third-order valence-electron chi connectivity index (χ3n) is 5.93. The van der Waals surface area contributed by atoms with Gasteiger partial charge in [0, 0.05) is 24.3 Å². The lowest BCUT2D eigenvalue weighted by Gasteiger charge is -2.34. The van der Waals surface area contributed by atoms with Crippen LogP contribution in [0, 0.1) is 12.8 Å². The molecule has 1 atom stereocenters. The van der Waals surface area contributed by atoms with Crippen molar-refractivity contribution >= 4 is 28.1 Å². The molecule has 1 N–H and O–H groups in total. The molecule has 1 amide bonds. The van der Waals surface area contributed by atoms with E-state index in [0.717, 1.165) is 33.6 Å². The molecule has 8 heteroatoms. The van der Waals surface area contributed by atoms with E-state index in [1.165, 1.54) is 32.1 Å². The first-order valence-corrected chi connectivity index (χ1v) is 11.9. The van der Waals surface area contributed by atoms with Gasteiger partial charge in [0.2, 0.25) is 11.0 Å². The molecule has 162 valence electrons. The third-order valence-corrected chi connectivity index (χ3v) is 6.91. The molecule has 1 saturated heterocycles. The fourth-order valence-electron chi connectivity index (χ4n) is 4.32. The summed E-state index contributed by atoms with van der Waals surface area (Å²) in [5.74, 6) is 0.822. The van der Waals surface area contributed by atoms with Crippen LogP contribution in [0.15, 0.2) is 12.1 Å². The molecule has 0 radical (unpaired) electrons. The Morgan fingerprint density at radius 2 is 2.10 bits per heavy atom. The number of pyridine rings is 1. The molecule has 3 heterocycles. The molecule has 2 aromatic rings. The number of carbonyl (C=O) groups excluding carboxylic acids is 1. The third kappa shape index (κ3) is 5.35. The van der Waals surface area contributed by atoms with E-state index < -0.39 is 0 Å². The lowest BCUT2D eigenvalue weighted by atomic mass is 9.86. The number of morpholine rings is 1. The van der Waals surface area contributed by atoms with E-state index in [4.69, 9.17) is 9.72 Å². The molecule has 1 aliphatic carbocycles. The Morgan fingerprint density at radius 3 is 2.87 bits per heavy atom. The quantitative estimate of drug-likeness (QED) is 0.732. The van der Waals surface area contributed by atoms with Crippen molar-refractivity contribution in [3.05, 3.63) is 28.5 Å². The van der Waals surface area contributed by atoms with Gasteiger partial charge in [-0.25, -0.2) is 0 Å². The van der Waals surface area contributed by atoms with Crippen LogP contribution in [0.4, 0.5) is 10.8 Å². The van der Waals surface area contributed by atoms with Crippen LogP contribution in [0.1, 0.15) is 67.9 Å². The molecule has 1 aliphatic heterocycles. The van der Waals surface area contributed by atoms with E-state index in [9.17, 15) is 4.79 Å². The van der Waals surface area contributed by atoms with Gasteiger partial charge in [0.1, 0.15) is 11.1 Å². The fourth-order valence-corrected chi connectivity index (χ4v) is 5.02. The Labute approximate surface area is 182 Å². The molecule has 2 aliphatic rings. The number of aryl methyl sites for hydroxylation is 2. The Bertz CT molecular complexity index is 865. The van der Waals surface area contributed by atoms with Crippen molar-refractivity contribution in [1.82, 2.24) is 20.1 Å². The number of aromatic nitrogens is 3. The number of rotatable bonds is 6. The number of hydrogen-bond acceptors (Lipinski definition) is 7. The maximum atomic E-state index is 12.9. The standard InChI is InChI=1S/C22H31N5O2S/c1-3-20-25-26-22(30-20)24-17-11-15(2)23-18(13-17)19-14-27(9-10-29-19)21(28)12-16-7-5-4-6-8-16/h11,13,16,19H,3-10,12,14H2,1-2H3,(H,23,24,26). The molecule has 0 aromatic carbocycles. The van der Waals surface area contributed by atoms with E-state index in [1.54, 1.807) is 11.3 Å². The predicted molar refractivity (Wildman–Crippen MR) is 118 cm³/mol. The van der Waals surface area contributed by atoms with E-state index in [1.807, 2.05) is 24.0 Å². The highest BCUT2D eigenvalue weighted by Crippen LogP contribution is 2.29. The van der Waals surface area contributed by atoms with E-state index >= 15 is 0 Å². The second-order valence-electron chi connectivity index (χ2n) is 8.31. The molecule has 2 fully saturated rings. The van der Waals surface area contributed by atoms with Gasteiger partial charge in [-0.05, 0) is 44.2 Å². The first-order chi connectivity index (χ1) is 14.6. The summed E-state index contributed by atoms with van der Waals surface area (Å²) in [5, 5.41) is 13.5. The summed E-state index contributed by atoms with van der Waals surface area (Å²) in [6.45, 7) is 5.83. The van der Waals surface area contributed by atoms with Crippen LogP contribution < -0.4 is 5.32 Å². The number of carbonyl (C=O) groups is 1. The molecule has 7 nitrogen and oxygen atoms in total. The first-order valence-electron chi connectivity index (χ1n) is 11.1. The largest absolute Gasteiger partial charge is 0.368 e. The lowest BCUT2D eigenvalue weighted by molar-refractivity contribution is -0.140. The maximum absolute atomic E-state index is 12.9. The molecule has 0 bridgehead atoms. The Hall–Kier alpha value is -2.06. The SMILES string of the molecule is CCc1nnc(Nc2cc(C)nc(C3CN(C(=O)CC4CCCCC4)CCO3)c2)s1. The van der Waals surface area contributed by atoms with Gasteiger partial charge in [0.15, 0.2) is 0 Å². The Balaban J connectivity index is 1.42. The van der Waals surface area contributed by atoms with Gasteiger partial charge in [-0.1, -0.05) is 37.5 Å². The van der Waals surface area contributed by atoms with Crippen molar-refractivity contribution in [1.29, 1.82) is 0 Å². The van der Waals surface area contributed by atoms with Crippen molar-refractivity contribution in [3.63, 3.8) is 0 Å². The van der Waals surface area contributed by atoms with E-state index in [2.05, 4.69) is 22.4 Å². The van der Waals surface area contributed by atoms with Crippen molar-refractivity contribution < 1.29 is 9.53 Å². The zero-order valence-electron chi connectivity index (χ0n) is 17.9. The van der Waals surface area contributed by atoms with Crippen molar-refractivity contribution in [2.45, 2.75) is 64.9 Å². The van der Waals surface area contributed by atoms with Gasteiger partial charge in [-0.2, -0.15) is 0 Å². The molecular formula is C22H31N5O2S. The van der Waals surface area contributed by atoms with Gasteiger partial charge in [-0.15, -0.1) is 10.2 Å². The predicted octanol–water partition coefficient (Wildman–Crippen LogP) is 4.42. The normalized spacial score (nSPS) is 20.3. The van der Waals surface area contributed by atoms with E-state index in [0.29, 0.717) is 32.0 Å². The molecule has 30 heavy (non-hydrogen) atoms. The zero-order valence-corrected chi connectivity index (χ0v) is 18.7. The second-order valence-corrected chi connectivity index (χ2v) is 9.37. The summed E-state index contributed by atoms with van der Waals surface area (Å²) in [4.78, 5) is 19.5. The summed E-state index contributed by atoms with van der Waals surface area (Å²) in [6.07, 6.45) is 7.59. The van der Waals surface area contributed by atoms with Gasteiger partial charge >= 0.3 is 0 Å². The molecule has 0 spiro atoms. The van der Waals surface area contributed by atoms with E-state index in [-0.39, 0.29) is 12.0 Å². The van der Waals surface area contributed by atoms with Gasteiger partial charge < -0.3 is 15.0 Å². The summed E-state index contributed by atoms with van der Waals surface area (Å²) in [6, 6.07) is 3.99. The van der Waals surface area contributed by atoms with Crippen molar-refractivity contribution in [3.8, 4) is 0 Å². The van der Waals surface area contributed by atoms with Crippen LogP contribution in [-0.4, -0.2) is 45.7 Å². The molecular weight excluding hydrogens is 398 g/mol. The minimum atomic E-state index is -0.199. The minimum absolute atomic E-state index is 0.199. The highest BCUT2D eigenvalue weighted by Gasteiger charge is 2.28. The number of amides is 1. The van der Waals surface area contributed by atoms with Gasteiger partial charge in [-0.3, -0.25) is 9.78 Å². The summed E-state index contributed by atoms with van der Waals surface area (Å²) in [5.41, 5.74) is 2.68. The molecule has 2 aromatic heterocycles. The number of hydrogen-bond donors (Lipinski definition) is 1. The summed E-state index contributed by atoms with van der Waals surface area (Å²) in [7, 11) is 0. The Morgan fingerprint density at radius 1 is 1.27 bits per heavy atom. The fraction of sp³-hybridized carbons (Fsp3) is 0.636. The zero-order chi connectivity index (χ0) is 20.9. The summed E-state index contributed by atoms with van der Waals surface area (Å²) >= 11 is 1.56. The van der Waals surface area contributed by atoms with Gasteiger partial charge in [0.25, 0.3) is 0 Å². The average molecular weight is 430 g/mol.